The van der Waals surface area contributed by atoms with Crippen molar-refractivity contribution in [3.8, 4) is 10.4 Å². The van der Waals surface area contributed by atoms with Crippen molar-refractivity contribution in [3.05, 3.63) is 45.8 Å². The average Bonchev–Trinajstić information content (AvgIpc) is 2.84. The van der Waals surface area contributed by atoms with Crippen molar-refractivity contribution in [3.63, 3.8) is 0 Å². The lowest BCUT2D eigenvalue weighted by Gasteiger charge is -2.20. The quantitative estimate of drug-likeness (QED) is 0.749. The van der Waals surface area contributed by atoms with E-state index in [4.69, 9.17) is 11.6 Å². The molecule has 1 aromatic heterocycles. The molecule has 0 aliphatic rings. The van der Waals surface area contributed by atoms with E-state index >= 15 is 0 Å². The standard InChI is InChI=1S/C17H22ClNS/c1-5-19-17(11(2)3)16-9-8-15(20-16)14-7-6-13(18)10-12(14)4/h6-11,17,19H,5H2,1-4H3. The van der Waals surface area contributed by atoms with E-state index in [1.165, 1.54) is 20.9 Å². The first-order chi connectivity index (χ1) is 9.52. The highest BCUT2D eigenvalue weighted by atomic mass is 35.5. The van der Waals surface area contributed by atoms with Gasteiger partial charge in [0.1, 0.15) is 0 Å². The molecule has 20 heavy (non-hydrogen) atoms. The molecule has 0 aliphatic heterocycles. The average molecular weight is 308 g/mol. The minimum absolute atomic E-state index is 0.436. The molecule has 1 atom stereocenters. The third-order valence-electron chi connectivity index (χ3n) is 3.48. The van der Waals surface area contributed by atoms with Crippen molar-refractivity contribution < 1.29 is 0 Å². The summed E-state index contributed by atoms with van der Waals surface area (Å²) in [4.78, 5) is 2.73. The van der Waals surface area contributed by atoms with Crippen LogP contribution in [0.3, 0.4) is 0 Å². The summed E-state index contributed by atoms with van der Waals surface area (Å²) in [6.07, 6.45) is 0. The summed E-state index contributed by atoms with van der Waals surface area (Å²) in [5, 5.41) is 4.38. The SMILES string of the molecule is CCNC(c1ccc(-c2ccc(Cl)cc2C)s1)C(C)C. The zero-order valence-corrected chi connectivity index (χ0v) is 14.1. The van der Waals surface area contributed by atoms with Gasteiger partial charge in [-0.05, 0) is 54.8 Å². The summed E-state index contributed by atoms with van der Waals surface area (Å²) in [6.45, 7) is 9.80. The van der Waals surface area contributed by atoms with Gasteiger partial charge in [-0.1, -0.05) is 38.4 Å². The van der Waals surface area contributed by atoms with Crippen LogP contribution >= 0.6 is 22.9 Å². The van der Waals surface area contributed by atoms with E-state index in [-0.39, 0.29) is 0 Å². The summed E-state index contributed by atoms with van der Waals surface area (Å²) in [7, 11) is 0. The van der Waals surface area contributed by atoms with Gasteiger partial charge in [0.2, 0.25) is 0 Å². The van der Waals surface area contributed by atoms with Crippen LogP contribution in [-0.2, 0) is 0 Å². The second-order valence-corrected chi connectivity index (χ2v) is 6.99. The molecule has 1 N–H and O–H groups in total. The minimum atomic E-state index is 0.436. The first kappa shape index (κ1) is 15.6. The Bertz CT molecular complexity index is 574. The fraction of sp³-hybridized carbons (Fsp3) is 0.412. The van der Waals surface area contributed by atoms with Crippen molar-refractivity contribution in [1.82, 2.24) is 5.32 Å². The molecule has 0 saturated carbocycles. The molecular formula is C17H22ClNS. The number of hydrogen-bond acceptors (Lipinski definition) is 2. The van der Waals surface area contributed by atoms with E-state index in [2.05, 4.69) is 51.2 Å². The van der Waals surface area contributed by atoms with Gasteiger partial charge in [0.05, 0.1) is 0 Å². The maximum atomic E-state index is 6.04. The van der Waals surface area contributed by atoms with E-state index in [0.717, 1.165) is 11.6 Å². The highest BCUT2D eigenvalue weighted by Crippen LogP contribution is 2.36. The summed E-state index contributed by atoms with van der Waals surface area (Å²) in [5.41, 5.74) is 2.51. The molecule has 0 radical (unpaired) electrons. The van der Waals surface area contributed by atoms with Gasteiger partial charge in [0.15, 0.2) is 0 Å². The molecule has 2 aromatic rings. The molecule has 2 rings (SSSR count). The van der Waals surface area contributed by atoms with E-state index in [9.17, 15) is 0 Å². The van der Waals surface area contributed by atoms with Crippen molar-refractivity contribution in [2.45, 2.75) is 33.7 Å². The fourth-order valence-electron chi connectivity index (χ4n) is 2.45. The molecule has 1 nitrogen and oxygen atoms in total. The lowest BCUT2D eigenvalue weighted by atomic mass is 10.0. The zero-order chi connectivity index (χ0) is 14.7. The van der Waals surface area contributed by atoms with E-state index in [0.29, 0.717) is 12.0 Å². The molecule has 3 heteroatoms. The Kier molecular flexibility index (Phi) is 5.25. The maximum absolute atomic E-state index is 6.04. The molecule has 0 bridgehead atoms. The molecule has 0 amide bonds. The Morgan fingerprint density at radius 2 is 1.95 bits per heavy atom. The third-order valence-corrected chi connectivity index (χ3v) is 4.91. The zero-order valence-electron chi connectivity index (χ0n) is 12.5. The number of halogens is 1. The van der Waals surface area contributed by atoms with Gasteiger partial charge in [-0.2, -0.15) is 0 Å². The minimum Gasteiger partial charge on any atom is -0.309 e. The van der Waals surface area contributed by atoms with Crippen LogP contribution < -0.4 is 5.32 Å². The molecule has 1 heterocycles. The van der Waals surface area contributed by atoms with Gasteiger partial charge < -0.3 is 5.32 Å². The van der Waals surface area contributed by atoms with Gasteiger partial charge >= 0.3 is 0 Å². The highest BCUT2D eigenvalue weighted by Gasteiger charge is 2.17. The van der Waals surface area contributed by atoms with Crippen molar-refractivity contribution in [1.29, 1.82) is 0 Å². The van der Waals surface area contributed by atoms with E-state index in [1.54, 1.807) is 0 Å². The van der Waals surface area contributed by atoms with E-state index < -0.39 is 0 Å². The lowest BCUT2D eigenvalue weighted by molar-refractivity contribution is 0.428. The van der Waals surface area contributed by atoms with Gasteiger partial charge in [0, 0.05) is 20.8 Å². The van der Waals surface area contributed by atoms with Crippen molar-refractivity contribution >= 4 is 22.9 Å². The molecular weight excluding hydrogens is 286 g/mol. The molecule has 0 saturated heterocycles. The van der Waals surface area contributed by atoms with Gasteiger partial charge in [-0.3, -0.25) is 0 Å². The van der Waals surface area contributed by atoms with Gasteiger partial charge in [0.25, 0.3) is 0 Å². The monoisotopic (exact) mass is 307 g/mol. The van der Waals surface area contributed by atoms with E-state index in [1.807, 2.05) is 23.5 Å². The molecule has 1 unspecified atom stereocenters. The number of hydrogen-bond donors (Lipinski definition) is 1. The van der Waals surface area contributed by atoms with Crippen LogP contribution in [0.1, 0.15) is 37.3 Å². The molecule has 0 aliphatic carbocycles. The lowest BCUT2D eigenvalue weighted by Crippen LogP contribution is -2.24. The Balaban J connectivity index is 2.32. The third kappa shape index (κ3) is 3.43. The number of nitrogens with one attached hydrogen (secondary N) is 1. The van der Waals surface area contributed by atoms with Crippen LogP contribution in [0, 0.1) is 12.8 Å². The molecule has 1 aromatic carbocycles. The normalized spacial score (nSPS) is 12.9. The van der Waals surface area contributed by atoms with Crippen LogP contribution in [0.5, 0.6) is 0 Å². The smallest absolute Gasteiger partial charge is 0.0438 e. The van der Waals surface area contributed by atoms with Crippen molar-refractivity contribution in [2.75, 3.05) is 6.54 Å². The Hall–Kier alpha value is -0.830. The highest BCUT2D eigenvalue weighted by molar-refractivity contribution is 7.15. The molecule has 108 valence electrons. The van der Waals surface area contributed by atoms with Crippen molar-refractivity contribution in [2.24, 2.45) is 5.92 Å². The topological polar surface area (TPSA) is 12.0 Å². The maximum Gasteiger partial charge on any atom is 0.0438 e. The predicted octanol–water partition coefficient (Wildman–Crippen LogP) is 5.68. The Morgan fingerprint density at radius 3 is 2.55 bits per heavy atom. The Morgan fingerprint density at radius 1 is 1.20 bits per heavy atom. The summed E-state index contributed by atoms with van der Waals surface area (Å²) in [6, 6.07) is 11.0. The number of rotatable bonds is 5. The predicted molar refractivity (Wildman–Crippen MR) is 90.8 cm³/mol. The second kappa shape index (κ2) is 6.75. The number of benzene rings is 1. The molecule has 0 spiro atoms. The van der Waals surface area contributed by atoms with Crippen LogP contribution in [0.4, 0.5) is 0 Å². The van der Waals surface area contributed by atoms with Crippen LogP contribution in [0.2, 0.25) is 5.02 Å². The first-order valence-corrected chi connectivity index (χ1v) is 8.32. The Labute approximate surface area is 131 Å². The second-order valence-electron chi connectivity index (χ2n) is 5.44. The van der Waals surface area contributed by atoms with Crippen LogP contribution in [0.15, 0.2) is 30.3 Å². The molecule has 0 fully saturated rings. The largest absolute Gasteiger partial charge is 0.309 e. The van der Waals surface area contributed by atoms with Gasteiger partial charge in [-0.15, -0.1) is 11.3 Å². The first-order valence-electron chi connectivity index (χ1n) is 7.12. The summed E-state index contributed by atoms with van der Waals surface area (Å²) >= 11 is 7.91. The number of thiophene rings is 1. The summed E-state index contributed by atoms with van der Waals surface area (Å²) in [5.74, 6) is 0.591. The van der Waals surface area contributed by atoms with Crippen LogP contribution in [-0.4, -0.2) is 6.54 Å². The van der Waals surface area contributed by atoms with Gasteiger partial charge in [-0.25, -0.2) is 0 Å². The summed E-state index contributed by atoms with van der Waals surface area (Å²) < 4.78 is 0. The van der Waals surface area contributed by atoms with Crippen LogP contribution in [0.25, 0.3) is 10.4 Å². The fourth-order valence-corrected chi connectivity index (χ4v) is 4.03. The number of aryl methyl sites for hydroxylation is 1.